The SMILES string of the molecule is CCC(C)CCC(=O)N[C@H](CC(N)=O)C(=O)N[C@H](Cc1cnc[nH]1)C(=O)N[C@H](Cc1c[nH]c2ccccc12)C(=O)N[C@H](CCCN)C(=O)N[C@@H](CCCN)C(=O)NCC(=O)N[C@H](CCCN)C(=O)N[C@@H](Cc1c[nH]c2ccccc12)C(=O)N[C@@H]1C(=O)N[C@@H]([C@@H](C)CC)C(=O)NCC(=O)N[C@@H](CO)C(=O)O[C@@H]1C. The van der Waals surface area contributed by atoms with Crippen LogP contribution in [0.2, 0.25) is 0 Å². The van der Waals surface area contributed by atoms with Crippen molar-refractivity contribution >= 4 is 105 Å². The highest BCUT2D eigenvalue weighted by atomic mass is 16.5. The van der Waals surface area contributed by atoms with Crippen molar-refractivity contribution in [2.45, 2.75) is 191 Å². The molecule has 107 heavy (non-hydrogen) atoms. The van der Waals surface area contributed by atoms with Gasteiger partial charge in [0.1, 0.15) is 60.5 Å². The van der Waals surface area contributed by atoms with Crippen molar-refractivity contribution in [3.63, 3.8) is 0 Å². The maximum Gasteiger partial charge on any atom is 0.331 e. The smallest absolute Gasteiger partial charge is 0.331 e. The van der Waals surface area contributed by atoms with E-state index in [1.807, 2.05) is 13.8 Å². The Hall–Kier alpha value is -10.8. The first kappa shape index (κ1) is 85.1. The van der Waals surface area contributed by atoms with Crippen LogP contribution in [0.1, 0.15) is 122 Å². The molecule has 584 valence electrons. The molecule has 0 spiro atoms. The molecule has 5 aromatic rings. The number of primary amides is 1. The Labute approximate surface area is 618 Å². The number of carbonyl (C=O) groups excluding carboxylic acids is 14. The zero-order valence-electron chi connectivity index (χ0n) is 60.9. The van der Waals surface area contributed by atoms with E-state index in [0.29, 0.717) is 51.5 Å². The normalized spacial score (nSPS) is 18.1. The fourth-order valence-corrected chi connectivity index (χ4v) is 11.8. The maximum absolute atomic E-state index is 14.9. The first-order chi connectivity index (χ1) is 51.2. The zero-order valence-corrected chi connectivity index (χ0v) is 60.9. The van der Waals surface area contributed by atoms with Crippen LogP contribution in [0.3, 0.4) is 0 Å². The molecule has 24 N–H and O–H groups in total. The summed E-state index contributed by atoms with van der Waals surface area (Å²) in [4.78, 5) is 209. The number of fused-ring (bicyclic) bond motifs is 2. The van der Waals surface area contributed by atoms with Gasteiger partial charge in [0.25, 0.3) is 0 Å². The first-order valence-electron chi connectivity index (χ1n) is 36.0. The van der Waals surface area contributed by atoms with Crippen LogP contribution in [-0.4, -0.2) is 214 Å². The number of nitrogens with one attached hydrogen (secondary N) is 15. The second-order valence-electron chi connectivity index (χ2n) is 26.7. The van der Waals surface area contributed by atoms with E-state index in [0.717, 1.165) is 6.42 Å². The lowest BCUT2D eigenvalue weighted by Gasteiger charge is -2.30. The number of imidazole rings is 1. The number of rotatable bonds is 41. The molecule has 1 unspecified atom stereocenters. The molecule has 13 atom stereocenters. The van der Waals surface area contributed by atoms with Gasteiger partial charge in [0.15, 0.2) is 6.04 Å². The molecular weight excluding hydrogens is 1390 g/mol. The first-order valence-corrected chi connectivity index (χ1v) is 36.0. The monoisotopic (exact) mass is 1490 g/mol. The highest BCUT2D eigenvalue weighted by molar-refractivity contribution is 6.00. The number of nitrogens with two attached hydrogens (primary N) is 4. The average molecular weight is 1490 g/mol. The van der Waals surface area contributed by atoms with Crippen LogP contribution >= 0.6 is 0 Å². The average Bonchev–Trinajstić information content (AvgIpc) is 1.57. The lowest BCUT2D eigenvalue weighted by Crippen LogP contribution is -2.62. The number of para-hydroxylation sites is 2. The molecule has 3 aromatic heterocycles. The molecule has 1 aliphatic rings. The second-order valence-corrected chi connectivity index (χ2v) is 26.7. The van der Waals surface area contributed by atoms with Crippen LogP contribution in [0.25, 0.3) is 21.8 Å². The Kier molecular flexibility index (Phi) is 34.1. The number of carbonyl (C=O) groups is 14. The molecule has 4 heterocycles. The summed E-state index contributed by atoms with van der Waals surface area (Å²) in [5.41, 5.74) is 26.1. The summed E-state index contributed by atoms with van der Waals surface area (Å²) in [5, 5.41) is 42.4. The topological polar surface area (TPSA) is 577 Å². The highest BCUT2D eigenvalue weighted by Gasteiger charge is 2.40. The van der Waals surface area contributed by atoms with Gasteiger partial charge in [-0.2, -0.15) is 0 Å². The molecule has 0 saturated carbocycles. The van der Waals surface area contributed by atoms with Crippen molar-refractivity contribution in [3.05, 3.63) is 90.3 Å². The van der Waals surface area contributed by atoms with Crippen molar-refractivity contribution < 1.29 is 77.0 Å². The van der Waals surface area contributed by atoms with Crippen LogP contribution < -0.4 is 86.7 Å². The number of aromatic amines is 3. The number of aliphatic hydroxyl groups is 1. The molecule has 13 amide bonds. The third-order valence-corrected chi connectivity index (χ3v) is 18.5. The molecule has 0 radical (unpaired) electrons. The van der Waals surface area contributed by atoms with Crippen LogP contribution in [0, 0.1) is 11.8 Å². The van der Waals surface area contributed by atoms with Gasteiger partial charge in [-0.3, -0.25) is 62.3 Å². The number of ether oxygens (including phenoxy) is 1. The quantitative estimate of drug-likeness (QED) is 0.0168. The van der Waals surface area contributed by atoms with Crippen molar-refractivity contribution in [1.82, 2.24) is 83.7 Å². The van der Waals surface area contributed by atoms with Gasteiger partial charge in [0, 0.05) is 71.8 Å². The summed E-state index contributed by atoms with van der Waals surface area (Å²) >= 11 is 0. The number of esters is 1. The molecule has 0 bridgehead atoms. The number of aromatic nitrogens is 4. The van der Waals surface area contributed by atoms with Gasteiger partial charge in [0.05, 0.1) is 32.4 Å². The fourth-order valence-electron chi connectivity index (χ4n) is 11.8. The molecule has 2 aromatic carbocycles. The summed E-state index contributed by atoms with van der Waals surface area (Å²) < 4.78 is 5.57. The van der Waals surface area contributed by atoms with Crippen LogP contribution in [0.15, 0.2) is 73.4 Å². The van der Waals surface area contributed by atoms with E-state index in [9.17, 15) is 72.2 Å². The van der Waals surface area contributed by atoms with E-state index >= 15 is 0 Å². The molecule has 36 nitrogen and oxygen atoms in total. The molecule has 1 saturated heterocycles. The van der Waals surface area contributed by atoms with E-state index in [2.05, 4.69) is 83.7 Å². The summed E-state index contributed by atoms with van der Waals surface area (Å²) in [6.45, 7) is 6.37. The van der Waals surface area contributed by atoms with Crippen LogP contribution in [0.4, 0.5) is 0 Å². The molecule has 1 aliphatic heterocycles. The third-order valence-electron chi connectivity index (χ3n) is 18.5. The molecule has 36 heteroatoms. The fraction of sp³-hybridized carbons (Fsp3) is 0.535. The van der Waals surface area contributed by atoms with Crippen LogP contribution in [0.5, 0.6) is 0 Å². The number of cyclic esters (lactones) is 1. The lowest BCUT2D eigenvalue weighted by atomic mass is 9.97. The Morgan fingerprint density at radius 2 is 1.08 bits per heavy atom. The largest absolute Gasteiger partial charge is 0.458 e. The van der Waals surface area contributed by atoms with E-state index < -0.39 is 181 Å². The van der Waals surface area contributed by atoms with Gasteiger partial charge in [0.2, 0.25) is 76.8 Å². The highest BCUT2D eigenvalue weighted by Crippen LogP contribution is 2.22. The Morgan fingerprint density at radius 1 is 0.589 bits per heavy atom. The minimum atomic E-state index is -1.78. The number of H-pyrrole nitrogens is 3. The summed E-state index contributed by atoms with van der Waals surface area (Å²) in [6.07, 6.45) is 5.06. The molecule has 1 fully saturated rings. The Morgan fingerprint density at radius 3 is 1.60 bits per heavy atom. The number of benzene rings is 2. The van der Waals surface area contributed by atoms with E-state index in [4.69, 9.17) is 27.7 Å². The van der Waals surface area contributed by atoms with Gasteiger partial charge in [-0.05, 0) is 107 Å². The van der Waals surface area contributed by atoms with Gasteiger partial charge in [-0.1, -0.05) is 76.9 Å². The number of hydrogen-bond acceptors (Lipinski definition) is 20. The van der Waals surface area contributed by atoms with E-state index in [1.165, 1.54) is 19.4 Å². The number of hydrogen-bond donors (Lipinski definition) is 20. The summed E-state index contributed by atoms with van der Waals surface area (Å²) in [5.74, 6) is -12.9. The molecular formula is C71H104N20O16. The summed E-state index contributed by atoms with van der Waals surface area (Å²) in [6, 6.07) is -0.795. The van der Waals surface area contributed by atoms with Crippen LogP contribution in [-0.2, 0) is 91.1 Å². The number of amides is 13. The standard InChI is InChI=1S/C71H104N20O16/c1-6-38(3)22-23-57(94)83-54(30-56(75)93)67(102)89-53(29-43-33-76-37-81-43)66(101)88-51(27-41-31-77-46-17-10-8-15-44(41)46)65(100)86-50(21-14-26-74)64(99)85-48(19-12-24-72)62(97)79-34-58(95)82-49(20-13-25-73)63(98)87-52(28-42-32-78-47-18-11-9-16-45(42)47)68(103)91-61-40(5)107-71(106)55(36-92)84-59(96)35-80-69(104)60(39(4)7-2)90-70(61)105/h8-11,15-18,31-33,37-40,48-55,60-61,77-78,92H,6-7,12-14,19-30,34-36,72-74H2,1-5H3,(H2,75,93)(H,76,81)(H,79,97)(H,80,104)(H,82,95)(H,83,94)(H,84,96)(H,85,99)(H,86,100)(H,87,98)(H,88,101)(H,89,102)(H,90,105)(H,91,103)/t38?,39-,40+,48-,49+,50+,51+,52-,53+,54+,55-,60-,61-/m0/s1. The number of nitrogens with zero attached hydrogens (tertiary/aromatic N) is 1. The lowest BCUT2D eigenvalue weighted by molar-refractivity contribution is -0.157. The number of aliphatic hydroxyl groups excluding tert-OH is 1. The molecule has 6 rings (SSSR count). The Balaban J connectivity index is 1.21. The van der Waals surface area contributed by atoms with Crippen molar-refractivity contribution in [2.24, 2.45) is 34.8 Å². The van der Waals surface area contributed by atoms with Crippen molar-refractivity contribution in [2.75, 3.05) is 39.3 Å². The minimum Gasteiger partial charge on any atom is -0.458 e. The third kappa shape index (κ3) is 26.3. The minimum absolute atomic E-state index is 0.0318. The van der Waals surface area contributed by atoms with Gasteiger partial charge >= 0.3 is 5.97 Å². The predicted octanol–water partition coefficient (Wildman–Crippen LogP) is -3.62. The van der Waals surface area contributed by atoms with E-state index in [-0.39, 0.29) is 89.8 Å². The maximum atomic E-state index is 14.9. The second kappa shape index (κ2) is 42.9. The predicted molar refractivity (Wildman–Crippen MR) is 391 cm³/mol. The van der Waals surface area contributed by atoms with Gasteiger partial charge < -0.3 is 112 Å². The molecule has 0 aliphatic carbocycles. The Bertz CT molecular complexity index is 3860. The zero-order chi connectivity index (χ0) is 78.3. The van der Waals surface area contributed by atoms with Crippen molar-refractivity contribution in [3.8, 4) is 0 Å². The van der Waals surface area contributed by atoms with Gasteiger partial charge in [-0.15, -0.1) is 0 Å². The summed E-state index contributed by atoms with van der Waals surface area (Å²) in [7, 11) is 0. The van der Waals surface area contributed by atoms with Crippen molar-refractivity contribution in [1.29, 1.82) is 0 Å². The van der Waals surface area contributed by atoms with Gasteiger partial charge in [-0.25, -0.2) is 9.78 Å². The van der Waals surface area contributed by atoms with E-state index in [1.54, 1.807) is 74.8 Å².